The molecule has 2 aromatic rings. The minimum atomic E-state index is -0.512. The third-order valence-electron chi connectivity index (χ3n) is 5.57. The quantitative estimate of drug-likeness (QED) is 0.114. The third kappa shape index (κ3) is 12.1. The third-order valence-corrected chi connectivity index (χ3v) is 5.57. The Bertz CT molecular complexity index is 1010. The number of ether oxygens (including phenoxy) is 4. The van der Waals surface area contributed by atoms with Gasteiger partial charge in [-0.05, 0) is 100 Å². The first-order valence-electron chi connectivity index (χ1n) is 13.1. The molecule has 2 aromatic carbocycles. The minimum absolute atomic E-state index is 0.178. The van der Waals surface area contributed by atoms with Gasteiger partial charge in [0.15, 0.2) is 0 Å². The first-order valence-corrected chi connectivity index (χ1v) is 13.1. The first kappa shape index (κ1) is 30.6. The van der Waals surface area contributed by atoms with Crippen LogP contribution in [0.15, 0.2) is 60.7 Å². The molecule has 8 heteroatoms. The van der Waals surface area contributed by atoms with Crippen molar-refractivity contribution in [2.75, 3.05) is 26.4 Å². The molecule has 0 saturated heterocycles. The molecule has 0 heterocycles. The van der Waals surface area contributed by atoms with E-state index in [2.05, 4.69) is 6.58 Å². The molecule has 206 valence electrons. The van der Waals surface area contributed by atoms with Crippen LogP contribution in [0.25, 0.3) is 0 Å². The number of aliphatic hydroxyl groups excluding tert-OH is 1. The maximum absolute atomic E-state index is 12.5. The van der Waals surface area contributed by atoms with Crippen LogP contribution in [0.4, 0.5) is 0 Å². The molecule has 0 saturated carbocycles. The monoisotopic (exact) mass is 526 g/mol. The van der Waals surface area contributed by atoms with Gasteiger partial charge in [0, 0.05) is 12.2 Å². The zero-order valence-electron chi connectivity index (χ0n) is 22.1. The second kappa shape index (κ2) is 17.7. The zero-order chi connectivity index (χ0) is 27.6. The van der Waals surface area contributed by atoms with E-state index in [0.717, 1.165) is 51.4 Å². The van der Waals surface area contributed by atoms with Gasteiger partial charge in [-0.2, -0.15) is 0 Å². The van der Waals surface area contributed by atoms with E-state index in [1.807, 2.05) is 0 Å². The summed E-state index contributed by atoms with van der Waals surface area (Å²) in [6.07, 6.45) is 6.87. The van der Waals surface area contributed by atoms with Crippen molar-refractivity contribution in [3.8, 4) is 11.5 Å². The number of rotatable bonds is 18. The fourth-order valence-electron chi connectivity index (χ4n) is 3.36. The van der Waals surface area contributed by atoms with Crippen LogP contribution in [0.5, 0.6) is 11.5 Å². The number of unbranched alkanes of at least 4 members (excludes halogenated alkanes) is 6. The van der Waals surface area contributed by atoms with Crippen molar-refractivity contribution in [1.29, 1.82) is 0 Å². The van der Waals surface area contributed by atoms with Crippen LogP contribution in [0.2, 0.25) is 0 Å². The van der Waals surface area contributed by atoms with Crippen LogP contribution >= 0.6 is 0 Å². The van der Waals surface area contributed by atoms with Crippen molar-refractivity contribution in [3.05, 3.63) is 71.8 Å². The van der Waals surface area contributed by atoms with Gasteiger partial charge in [0.1, 0.15) is 11.5 Å². The molecule has 0 unspecified atom stereocenters. The Balaban J connectivity index is 1.65. The molecule has 0 radical (unpaired) electrons. The molecule has 2 rings (SSSR count). The van der Waals surface area contributed by atoms with Crippen molar-refractivity contribution in [1.82, 2.24) is 0 Å². The fourth-order valence-corrected chi connectivity index (χ4v) is 3.36. The normalized spacial score (nSPS) is 10.5. The Hall–Kier alpha value is -3.65. The Morgan fingerprint density at radius 3 is 1.74 bits per heavy atom. The Kier molecular flexibility index (Phi) is 14.3. The lowest BCUT2D eigenvalue weighted by molar-refractivity contribution is -0.139. The smallest absolute Gasteiger partial charge is 0.343 e. The molecule has 38 heavy (non-hydrogen) atoms. The summed E-state index contributed by atoms with van der Waals surface area (Å²) in [6.45, 7) is 6.62. The predicted octanol–water partition coefficient (Wildman–Crippen LogP) is 5.67. The molecular weight excluding hydrogens is 488 g/mol. The second-order valence-electron chi connectivity index (χ2n) is 8.89. The SMILES string of the molecule is C=C(C)C(=O)OCCCCCCOc1ccc(C(=O)Oc2ccc(C(=O)OCCCCCCO)cc2)cc1. The summed E-state index contributed by atoms with van der Waals surface area (Å²) in [5.74, 6) is -0.306. The highest BCUT2D eigenvalue weighted by Crippen LogP contribution is 2.18. The maximum atomic E-state index is 12.5. The minimum Gasteiger partial charge on any atom is -0.494 e. The van der Waals surface area contributed by atoms with Gasteiger partial charge >= 0.3 is 17.9 Å². The van der Waals surface area contributed by atoms with Crippen LogP contribution < -0.4 is 9.47 Å². The molecule has 0 atom stereocenters. The van der Waals surface area contributed by atoms with Crippen LogP contribution in [-0.2, 0) is 14.3 Å². The average molecular weight is 527 g/mol. The summed E-state index contributed by atoms with van der Waals surface area (Å²) in [7, 11) is 0. The molecular formula is C30H38O8. The van der Waals surface area contributed by atoms with E-state index in [4.69, 9.17) is 24.1 Å². The molecule has 0 aromatic heterocycles. The number of hydrogen-bond acceptors (Lipinski definition) is 8. The summed E-state index contributed by atoms with van der Waals surface area (Å²) in [6, 6.07) is 12.9. The Morgan fingerprint density at radius 1 is 0.658 bits per heavy atom. The van der Waals surface area contributed by atoms with E-state index in [1.165, 1.54) is 0 Å². The van der Waals surface area contributed by atoms with Gasteiger partial charge in [-0.1, -0.05) is 13.0 Å². The van der Waals surface area contributed by atoms with Crippen molar-refractivity contribution in [2.45, 2.75) is 58.3 Å². The van der Waals surface area contributed by atoms with Crippen LogP contribution in [0.3, 0.4) is 0 Å². The highest BCUT2D eigenvalue weighted by Gasteiger charge is 2.11. The standard InChI is InChI=1S/C30H38O8/c1-23(2)28(32)36-21-10-6-5-8-20-35-26-15-11-25(12-16-26)30(34)38-27-17-13-24(14-18-27)29(33)37-22-9-4-3-7-19-31/h11-18,31H,1,3-10,19-22H2,2H3. The summed E-state index contributed by atoms with van der Waals surface area (Å²) >= 11 is 0. The maximum Gasteiger partial charge on any atom is 0.343 e. The largest absolute Gasteiger partial charge is 0.494 e. The average Bonchev–Trinajstić information content (AvgIpc) is 2.92. The predicted molar refractivity (Wildman–Crippen MR) is 143 cm³/mol. The van der Waals surface area contributed by atoms with Gasteiger partial charge in [-0.3, -0.25) is 0 Å². The van der Waals surface area contributed by atoms with Crippen molar-refractivity contribution in [2.24, 2.45) is 0 Å². The van der Waals surface area contributed by atoms with Gasteiger partial charge in [-0.15, -0.1) is 0 Å². The summed E-state index contributed by atoms with van der Waals surface area (Å²) in [4.78, 5) is 35.9. The first-order chi connectivity index (χ1) is 18.4. The summed E-state index contributed by atoms with van der Waals surface area (Å²) in [5.41, 5.74) is 1.17. The van der Waals surface area contributed by atoms with Gasteiger partial charge in [-0.25, -0.2) is 14.4 Å². The van der Waals surface area contributed by atoms with Crippen molar-refractivity contribution in [3.63, 3.8) is 0 Å². The van der Waals surface area contributed by atoms with E-state index in [0.29, 0.717) is 48.0 Å². The second-order valence-corrected chi connectivity index (χ2v) is 8.89. The number of carbonyl (C=O) groups excluding carboxylic acids is 3. The fraction of sp³-hybridized carbons (Fsp3) is 0.433. The molecule has 0 spiro atoms. The van der Waals surface area contributed by atoms with E-state index in [9.17, 15) is 14.4 Å². The van der Waals surface area contributed by atoms with Crippen LogP contribution in [-0.4, -0.2) is 49.4 Å². The Morgan fingerprint density at radius 2 is 1.16 bits per heavy atom. The molecule has 0 bridgehead atoms. The lowest BCUT2D eigenvalue weighted by Crippen LogP contribution is -2.09. The zero-order valence-corrected chi connectivity index (χ0v) is 22.1. The van der Waals surface area contributed by atoms with Crippen molar-refractivity contribution < 1.29 is 38.4 Å². The summed E-state index contributed by atoms with van der Waals surface area (Å²) in [5, 5.41) is 8.76. The van der Waals surface area contributed by atoms with E-state index in [-0.39, 0.29) is 12.6 Å². The highest BCUT2D eigenvalue weighted by atomic mass is 16.5. The number of esters is 3. The van der Waals surface area contributed by atoms with Crippen LogP contribution in [0.1, 0.15) is 79.0 Å². The lowest BCUT2D eigenvalue weighted by Gasteiger charge is -2.08. The van der Waals surface area contributed by atoms with E-state index >= 15 is 0 Å². The van der Waals surface area contributed by atoms with Crippen molar-refractivity contribution >= 4 is 17.9 Å². The molecule has 8 nitrogen and oxygen atoms in total. The van der Waals surface area contributed by atoms with Gasteiger partial charge in [0.2, 0.25) is 0 Å². The highest BCUT2D eigenvalue weighted by molar-refractivity contribution is 5.92. The molecule has 1 N–H and O–H groups in total. The number of benzene rings is 2. The molecule has 0 fully saturated rings. The van der Waals surface area contributed by atoms with E-state index < -0.39 is 11.9 Å². The lowest BCUT2D eigenvalue weighted by atomic mass is 10.2. The molecule has 0 aliphatic rings. The Labute approximate surface area is 224 Å². The number of carbonyl (C=O) groups is 3. The molecule has 0 aliphatic heterocycles. The van der Waals surface area contributed by atoms with E-state index in [1.54, 1.807) is 55.5 Å². The number of hydrogen-bond donors (Lipinski definition) is 1. The van der Waals surface area contributed by atoms with Gasteiger partial charge < -0.3 is 24.1 Å². The molecule has 0 aliphatic carbocycles. The number of aliphatic hydroxyl groups is 1. The van der Waals surface area contributed by atoms with Gasteiger partial charge in [0.25, 0.3) is 0 Å². The topological polar surface area (TPSA) is 108 Å². The molecule has 0 amide bonds. The summed E-state index contributed by atoms with van der Waals surface area (Å²) < 4.78 is 21.4. The van der Waals surface area contributed by atoms with Gasteiger partial charge in [0.05, 0.1) is 30.9 Å². The van der Waals surface area contributed by atoms with Crippen LogP contribution in [0, 0.1) is 0 Å².